The van der Waals surface area contributed by atoms with Crippen molar-refractivity contribution in [1.29, 1.82) is 0 Å². The first-order chi connectivity index (χ1) is 10.2. The molecule has 1 aromatic rings. The standard InChI is InChI=1S/C12H13F3N2O4S/c13-9-5-7(1-2-10(9)21-11(14)15)16-12(18)17-8-3-4-22(19,20)6-8/h1-2,5,8,11H,3-4,6H2,(H2,16,17,18). The summed E-state index contributed by atoms with van der Waals surface area (Å²) in [6.07, 6.45) is 0.311. The third kappa shape index (κ3) is 4.52. The van der Waals surface area contributed by atoms with E-state index in [-0.39, 0.29) is 17.2 Å². The second-order valence-electron chi connectivity index (χ2n) is 4.72. The minimum absolute atomic E-state index is 0.00619. The number of carbonyl (C=O) groups excluding carboxylic acids is 1. The van der Waals surface area contributed by atoms with E-state index in [4.69, 9.17) is 0 Å². The van der Waals surface area contributed by atoms with Crippen molar-refractivity contribution in [3.05, 3.63) is 24.0 Å². The number of sulfone groups is 1. The van der Waals surface area contributed by atoms with Gasteiger partial charge < -0.3 is 15.4 Å². The highest BCUT2D eigenvalue weighted by Gasteiger charge is 2.28. The molecule has 6 nitrogen and oxygen atoms in total. The summed E-state index contributed by atoms with van der Waals surface area (Å²) in [4.78, 5) is 11.7. The van der Waals surface area contributed by atoms with Crippen LogP contribution in [0.25, 0.3) is 0 Å². The van der Waals surface area contributed by atoms with Gasteiger partial charge in [0.05, 0.1) is 11.5 Å². The van der Waals surface area contributed by atoms with Crippen LogP contribution in [0.5, 0.6) is 5.75 Å². The van der Waals surface area contributed by atoms with Crippen molar-refractivity contribution >= 4 is 21.6 Å². The lowest BCUT2D eigenvalue weighted by Gasteiger charge is -2.13. The Morgan fingerprint density at radius 3 is 2.64 bits per heavy atom. The zero-order valence-electron chi connectivity index (χ0n) is 11.2. The molecule has 1 aliphatic heterocycles. The average Bonchev–Trinajstić information content (AvgIpc) is 2.71. The molecule has 0 aromatic heterocycles. The molecule has 2 rings (SSSR count). The van der Waals surface area contributed by atoms with E-state index in [0.717, 1.165) is 12.1 Å². The fourth-order valence-electron chi connectivity index (χ4n) is 2.03. The van der Waals surface area contributed by atoms with Crippen molar-refractivity contribution in [2.24, 2.45) is 0 Å². The number of hydrogen-bond donors (Lipinski definition) is 2. The molecule has 2 amide bonds. The van der Waals surface area contributed by atoms with E-state index in [1.54, 1.807) is 0 Å². The zero-order valence-corrected chi connectivity index (χ0v) is 12.0. The smallest absolute Gasteiger partial charge is 0.387 e. The molecule has 0 saturated carbocycles. The first kappa shape index (κ1) is 16.4. The highest BCUT2D eigenvalue weighted by Crippen LogP contribution is 2.22. The van der Waals surface area contributed by atoms with Crippen molar-refractivity contribution < 1.29 is 31.1 Å². The molecule has 1 fully saturated rings. The van der Waals surface area contributed by atoms with Gasteiger partial charge in [-0.05, 0) is 18.6 Å². The predicted molar refractivity (Wildman–Crippen MR) is 72.2 cm³/mol. The summed E-state index contributed by atoms with van der Waals surface area (Å²) < 4.78 is 63.9. The summed E-state index contributed by atoms with van der Waals surface area (Å²) in [6.45, 7) is -3.15. The Morgan fingerprint density at radius 1 is 1.36 bits per heavy atom. The van der Waals surface area contributed by atoms with E-state index in [2.05, 4.69) is 15.4 Å². The van der Waals surface area contributed by atoms with E-state index in [0.29, 0.717) is 6.42 Å². The maximum atomic E-state index is 13.5. The quantitative estimate of drug-likeness (QED) is 0.876. The second kappa shape index (κ2) is 6.42. The Morgan fingerprint density at radius 2 is 2.09 bits per heavy atom. The lowest BCUT2D eigenvalue weighted by atomic mass is 10.2. The molecule has 1 atom stereocenters. The summed E-state index contributed by atoms with van der Waals surface area (Å²) in [5, 5.41) is 4.74. The van der Waals surface area contributed by atoms with Gasteiger partial charge in [0.1, 0.15) is 0 Å². The number of alkyl halides is 2. The van der Waals surface area contributed by atoms with Crippen LogP contribution in [0.3, 0.4) is 0 Å². The Hall–Kier alpha value is -1.97. The van der Waals surface area contributed by atoms with Gasteiger partial charge in [-0.15, -0.1) is 0 Å². The van der Waals surface area contributed by atoms with Crippen molar-refractivity contribution in [3.63, 3.8) is 0 Å². The van der Waals surface area contributed by atoms with Gasteiger partial charge in [-0.2, -0.15) is 8.78 Å². The van der Waals surface area contributed by atoms with E-state index < -0.39 is 40.1 Å². The third-order valence-electron chi connectivity index (χ3n) is 2.97. The van der Waals surface area contributed by atoms with Crippen LogP contribution in [0.4, 0.5) is 23.7 Å². The van der Waals surface area contributed by atoms with Crippen LogP contribution in [0, 0.1) is 5.82 Å². The minimum atomic E-state index is -3.15. The highest BCUT2D eigenvalue weighted by molar-refractivity contribution is 7.91. The number of anilines is 1. The van der Waals surface area contributed by atoms with E-state index in [1.807, 2.05) is 0 Å². The van der Waals surface area contributed by atoms with Crippen molar-refractivity contribution in [2.75, 3.05) is 16.8 Å². The molecule has 1 aromatic carbocycles. The molecule has 22 heavy (non-hydrogen) atoms. The van der Waals surface area contributed by atoms with Crippen molar-refractivity contribution in [3.8, 4) is 5.75 Å². The number of hydrogen-bond acceptors (Lipinski definition) is 4. The first-order valence-electron chi connectivity index (χ1n) is 6.27. The van der Waals surface area contributed by atoms with E-state index in [1.165, 1.54) is 6.07 Å². The van der Waals surface area contributed by atoms with Gasteiger partial charge in [0.25, 0.3) is 0 Å². The minimum Gasteiger partial charge on any atom is -0.432 e. The number of amides is 2. The first-order valence-corrected chi connectivity index (χ1v) is 8.09. The molecule has 1 aliphatic rings. The largest absolute Gasteiger partial charge is 0.432 e. The molecular formula is C12H13F3N2O4S. The molecule has 0 radical (unpaired) electrons. The van der Waals surface area contributed by atoms with Gasteiger partial charge in [0.2, 0.25) is 0 Å². The van der Waals surface area contributed by atoms with Crippen LogP contribution >= 0.6 is 0 Å². The number of carbonyl (C=O) groups is 1. The second-order valence-corrected chi connectivity index (χ2v) is 6.95. The SMILES string of the molecule is O=C(Nc1ccc(OC(F)F)c(F)c1)NC1CCS(=O)(=O)C1. The predicted octanol–water partition coefficient (Wildman–Crippen LogP) is 1.74. The van der Waals surface area contributed by atoms with E-state index in [9.17, 15) is 26.4 Å². The van der Waals surface area contributed by atoms with Crippen molar-refractivity contribution in [2.45, 2.75) is 19.1 Å². The number of ether oxygens (including phenoxy) is 1. The summed E-state index contributed by atoms with van der Waals surface area (Å²) in [6, 6.07) is 1.76. The van der Waals surface area contributed by atoms with Gasteiger partial charge in [-0.25, -0.2) is 17.6 Å². The van der Waals surface area contributed by atoms with Crippen LogP contribution in [0.2, 0.25) is 0 Å². The fourth-order valence-corrected chi connectivity index (χ4v) is 3.70. The van der Waals surface area contributed by atoms with Crippen LogP contribution in [-0.4, -0.2) is 38.6 Å². The fraction of sp³-hybridized carbons (Fsp3) is 0.417. The summed E-state index contributed by atoms with van der Waals surface area (Å²) in [5.41, 5.74) is 0.0254. The van der Waals surface area contributed by atoms with Crippen LogP contribution in [-0.2, 0) is 9.84 Å². The number of rotatable bonds is 4. The van der Waals surface area contributed by atoms with Gasteiger partial charge in [-0.1, -0.05) is 0 Å². The molecule has 1 saturated heterocycles. The van der Waals surface area contributed by atoms with Crippen LogP contribution < -0.4 is 15.4 Å². The number of nitrogens with one attached hydrogen (secondary N) is 2. The summed E-state index contributed by atoms with van der Waals surface area (Å²) in [5.74, 6) is -1.83. The van der Waals surface area contributed by atoms with E-state index >= 15 is 0 Å². The Kier molecular flexibility index (Phi) is 4.79. The summed E-state index contributed by atoms with van der Waals surface area (Å²) >= 11 is 0. The van der Waals surface area contributed by atoms with Crippen LogP contribution in [0.15, 0.2) is 18.2 Å². The number of halogens is 3. The van der Waals surface area contributed by atoms with Crippen molar-refractivity contribution in [1.82, 2.24) is 5.32 Å². The molecule has 1 unspecified atom stereocenters. The molecule has 0 spiro atoms. The number of benzene rings is 1. The highest BCUT2D eigenvalue weighted by atomic mass is 32.2. The third-order valence-corrected chi connectivity index (χ3v) is 4.74. The van der Waals surface area contributed by atoms with Gasteiger partial charge in [0, 0.05) is 17.8 Å². The normalized spacial score (nSPS) is 19.9. The van der Waals surface area contributed by atoms with Gasteiger partial charge in [-0.3, -0.25) is 0 Å². The molecule has 0 bridgehead atoms. The van der Waals surface area contributed by atoms with Gasteiger partial charge in [0.15, 0.2) is 21.4 Å². The Bertz CT molecular complexity index is 666. The molecule has 2 N–H and O–H groups in total. The topological polar surface area (TPSA) is 84.5 Å². The molecule has 1 heterocycles. The lowest BCUT2D eigenvalue weighted by molar-refractivity contribution is -0.0521. The molecule has 0 aliphatic carbocycles. The molecule has 10 heteroatoms. The monoisotopic (exact) mass is 338 g/mol. The van der Waals surface area contributed by atoms with Crippen LogP contribution in [0.1, 0.15) is 6.42 Å². The maximum Gasteiger partial charge on any atom is 0.387 e. The summed E-state index contributed by atoms with van der Waals surface area (Å²) in [7, 11) is -3.13. The average molecular weight is 338 g/mol. The molecular weight excluding hydrogens is 325 g/mol. The zero-order chi connectivity index (χ0) is 16.3. The van der Waals surface area contributed by atoms with Gasteiger partial charge >= 0.3 is 12.6 Å². The lowest BCUT2D eigenvalue weighted by Crippen LogP contribution is -2.38. The molecule has 122 valence electrons. The Balaban J connectivity index is 1.93. The number of urea groups is 1. The Labute approximate surface area is 124 Å². The maximum absolute atomic E-state index is 13.5.